The molecule has 0 spiro atoms. The molecule has 1 aliphatic heterocycles. The van der Waals surface area contributed by atoms with Crippen molar-refractivity contribution in [2.45, 2.75) is 50.5 Å². The molecule has 0 bridgehead atoms. The molecule has 1 heterocycles. The first-order valence-corrected chi connectivity index (χ1v) is 8.87. The molecule has 1 aromatic carbocycles. The average Bonchev–Trinajstić information content (AvgIpc) is 2.44. The summed E-state index contributed by atoms with van der Waals surface area (Å²) in [5.74, 6) is 0. The zero-order chi connectivity index (χ0) is 15.5. The van der Waals surface area contributed by atoms with Crippen LogP contribution >= 0.6 is 0 Å². The van der Waals surface area contributed by atoms with Crippen molar-refractivity contribution in [3.8, 4) is 0 Å². The minimum absolute atomic E-state index is 0.164. The maximum atomic E-state index is 12.4. The van der Waals surface area contributed by atoms with Gasteiger partial charge in [-0.2, -0.15) is 0 Å². The molecule has 6 heteroatoms. The number of hydrogen-bond donors (Lipinski definition) is 2. The van der Waals surface area contributed by atoms with Crippen LogP contribution in [0, 0.1) is 13.8 Å². The topological polar surface area (TPSA) is 81.4 Å². The van der Waals surface area contributed by atoms with Gasteiger partial charge in [0.15, 0.2) is 0 Å². The normalized spacial score (nSPS) is 19.6. The fourth-order valence-corrected chi connectivity index (χ4v) is 4.10. The van der Waals surface area contributed by atoms with Crippen LogP contribution in [-0.2, 0) is 14.8 Å². The number of hydrogen-bond acceptors (Lipinski definition) is 4. The van der Waals surface area contributed by atoms with Crippen LogP contribution < -0.4 is 10.5 Å². The third-order valence-corrected chi connectivity index (χ3v) is 5.58. The van der Waals surface area contributed by atoms with E-state index in [1.165, 1.54) is 0 Å². The fourth-order valence-electron chi connectivity index (χ4n) is 2.63. The van der Waals surface area contributed by atoms with E-state index in [2.05, 4.69) is 4.72 Å². The Kier molecular flexibility index (Phi) is 5.24. The fraction of sp³-hybridized carbons (Fsp3) is 0.600. The van der Waals surface area contributed by atoms with Gasteiger partial charge in [-0.25, -0.2) is 13.1 Å². The summed E-state index contributed by atoms with van der Waals surface area (Å²) < 4.78 is 33.1. The number of aryl methyl sites for hydroxylation is 2. The first-order valence-electron chi connectivity index (χ1n) is 7.39. The van der Waals surface area contributed by atoms with E-state index in [4.69, 9.17) is 10.5 Å². The number of nitrogens with one attached hydrogen (secondary N) is 1. The lowest BCUT2D eigenvalue weighted by Gasteiger charge is -2.22. The van der Waals surface area contributed by atoms with E-state index in [0.717, 1.165) is 31.4 Å². The maximum Gasteiger partial charge on any atom is 0.242 e. The predicted octanol–water partition coefficient (Wildman–Crippen LogP) is 2.12. The molecule has 0 amide bonds. The van der Waals surface area contributed by atoms with Crippen molar-refractivity contribution in [1.29, 1.82) is 0 Å². The first kappa shape index (κ1) is 16.3. The van der Waals surface area contributed by atoms with Crippen LogP contribution in [0.15, 0.2) is 17.0 Å². The molecule has 1 atom stereocenters. The van der Waals surface area contributed by atoms with Gasteiger partial charge in [0.1, 0.15) is 4.90 Å². The van der Waals surface area contributed by atoms with Gasteiger partial charge in [0.25, 0.3) is 0 Å². The van der Waals surface area contributed by atoms with Gasteiger partial charge < -0.3 is 10.5 Å². The van der Waals surface area contributed by atoms with E-state index < -0.39 is 10.0 Å². The van der Waals surface area contributed by atoms with Crippen LogP contribution in [0.5, 0.6) is 0 Å². The number of rotatable bonds is 5. The highest BCUT2D eigenvalue weighted by atomic mass is 32.2. The van der Waals surface area contributed by atoms with Crippen molar-refractivity contribution in [2.24, 2.45) is 0 Å². The Balaban J connectivity index is 2.03. The Morgan fingerprint density at radius 1 is 1.29 bits per heavy atom. The molecule has 3 N–H and O–H groups in total. The summed E-state index contributed by atoms with van der Waals surface area (Å²) in [6.07, 6.45) is 4.12. The summed E-state index contributed by atoms with van der Waals surface area (Å²) in [7, 11) is -3.58. The summed E-state index contributed by atoms with van der Waals surface area (Å²) in [6.45, 7) is 4.72. The number of benzene rings is 1. The van der Waals surface area contributed by atoms with Gasteiger partial charge in [0.05, 0.1) is 11.8 Å². The summed E-state index contributed by atoms with van der Waals surface area (Å²) in [5.41, 5.74) is 7.71. The molecule has 0 aliphatic carbocycles. The van der Waals surface area contributed by atoms with Crippen LogP contribution in [0.4, 0.5) is 5.69 Å². The average molecular weight is 312 g/mol. The van der Waals surface area contributed by atoms with Crippen molar-refractivity contribution in [2.75, 3.05) is 18.9 Å². The number of sulfonamides is 1. The third kappa shape index (κ3) is 3.96. The molecule has 21 heavy (non-hydrogen) atoms. The van der Waals surface area contributed by atoms with Crippen molar-refractivity contribution in [3.05, 3.63) is 23.3 Å². The Morgan fingerprint density at radius 3 is 2.67 bits per heavy atom. The number of ether oxygens (including phenoxy) is 1. The van der Waals surface area contributed by atoms with Crippen LogP contribution in [0.2, 0.25) is 0 Å². The Morgan fingerprint density at radius 2 is 2.00 bits per heavy atom. The largest absolute Gasteiger partial charge is 0.397 e. The van der Waals surface area contributed by atoms with E-state index in [-0.39, 0.29) is 11.0 Å². The van der Waals surface area contributed by atoms with Gasteiger partial charge >= 0.3 is 0 Å². The quantitative estimate of drug-likeness (QED) is 0.816. The molecule has 2 rings (SSSR count). The van der Waals surface area contributed by atoms with Crippen LogP contribution in [-0.4, -0.2) is 27.7 Å². The van der Waals surface area contributed by atoms with E-state index in [1.807, 2.05) is 13.0 Å². The minimum Gasteiger partial charge on any atom is -0.397 e. The second-order valence-electron chi connectivity index (χ2n) is 5.62. The molecule has 1 aromatic rings. The lowest BCUT2D eigenvalue weighted by molar-refractivity contribution is 0.0123. The zero-order valence-electron chi connectivity index (χ0n) is 12.7. The lowest BCUT2D eigenvalue weighted by Crippen LogP contribution is -2.30. The molecule has 0 saturated carbocycles. The zero-order valence-corrected chi connectivity index (χ0v) is 13.5. The standard InChI is InChI=1S/C15H24N2O3S/c1-11-6-7-12(2)15(14(11)16)21(18,19)17-9-8-13-5-3-4-10-20-13/h6-7,13,17H,3-5,8-10,16H2,1-2H3. The highest BCUT2D eigenvalue weighted by Crippen LogP contribution is 2.25. The van der Waals surface area contributed by atoms with Crippen LogP contribution in [0.1, 0.15) is 36.8 Å². The van der Waals surface area contributed by atoms with Gasteiger partial charge in [0.2, 0.25) is 10.0 Å². The second kappa shape index (κ2) is 6.77. The van der Waals surface area contributed by atoms with Crippen molar-refractivity contribution in [1.82, 2.24) is 4.72 Å². The molecule has 1 unspecified atom stereocenters. The highest BCUT2D eigenvalue weighted by Gasteiger charge is 2.22. The number of anilines is 1. The Bertz CT molecular complexity index is 593. The van der Waals surface area contributed by atoms with Crippen LogP contribution in [0.25, 0.3) is 0 Å². The Labute approximate surface area is 126 Å². The SMILES string of the molecule is Cc1ccc(C)c(S(=O)(=O)NCCC2CCCCO2)c1N. The van der Waals surface area contributed by atoms with E-state index in [0.29, 0.717) is 24.2 Å². The van der Waals surface area contributed by atoms with E-state index in [1.54, 1.807) is 13.0 Å². The summed E-state index contributed by atoms with van der Waals surface area (Å²) in [6, 6.07) is 3.62. The molecule has 1 aliphatic rings. The molecule has 5 nitrogen and oxygen atoms in total. The molecule has 1 saturated heterocycles. The van der Waals surface area contributed by atoms with Crippen molar-refractivity contribution < 1.29 is 13.2 Å². The third-order valence-electron chi connectivity index (χ3n) is 3.91. The van der Waals surface area contributed by atoms with Gasteiger partial charge in [-0.15, -0.1) is 0 Å². The number of nitrogen functional groups attached to an aromatic ring is 1. The first-order chi connectivity index (χ1) is 9.92. The second-order valence-corrected chi connectivity index (χ2v) is 7.32. The lowest BCUT2D eigenvalue weighted by atomic mass is 10.1. The van der Waals surface area contributed by atoms with Gasteiger partial charge in [-0.05, 0) is 50.7 Å². The molecular weight excluding hydrogens is 288 g/mol. The molecule has 1 fully saturated rings. The Hall–Kier alpha value is -1.11. The van der Waals surface area contributed by atoms with Crippen molar-refractivity contribution >= 4 is 15.7 Å². The minimum atomic E-state index is -3.58. The molecule has 0 aromatic heterocycles. The maximum absolute atomic E-state index is 12.4. The number of nitrogens with two attached hydrogens (primary N) is 1. The highest BCUT2D eigenvalue weighted by molar-refractivity contribution is 7.89. The van der Waals surface area contributed by atoms with Gasteiger partial charge in [-0.1, -0.05) is 12.1 Å². The predicted molar refractivity (Wildman–Crippen MR) is 83.7 cm³/mol. The van der Waals surface area contributed by atoms with Gasteiger partial charge in [-0.3, -0.25) is 0 Å². The summed E-state index contributed by atoms with van der Waals surface area (Å²) in [4.78, 5) is 0.201. The van der Waals surface area contributed by atoms with E-state index in [9.17, 15) is 8.42 Å². The molecule has 118 valence electrons. The van der Waals surface area contributed by atoms with Gasteiger partial charge in [0, 0.05) is 13.2 Å². The monoisotopic (exact) mass is 312 g/mol. The van der Waals surface area contributed by atoms with Crippen molar-refractivity contribution in [3.63, 3.8) is 0 Å². The molecular formula is C15H24N2O3S. The summed E-state index contributed by atoms with van der Waals surface area (Å²) >= 11 is 0. The molecule has 0 radical (unpaired) electrons. The van der Waals surface area contributed by atoms with E-state index >= 15 is 0 Å². The smallest absolute Gasteiger partial charge is 0.242 e. The summed E-state index contributed by atoms with van der Waals surface area (Å²) in [5, 5.41) is 0. The van der Waals surface area contributed by atoms with Crippen LogP contribution in [0.3, 0.4) is 0 Å².